The summed E-state index contributed by atoms with van der Waals surface area (Å²) in [6, 6.07) is 0. The molecule has 0 atom stereocenters. The molecule has 0 spiro atoms. The summed E-state index contributed by atoms with van der Waals surface area (Å²) >= 11 is 0. The highest BCUT2D eigenvalue weighted by atomic mass is 127. The lowest BCUT2D eigenvalue weighted by Crippen LogP contribution is -2.40. The molecule has 1 heterocycles. The SMILES string of the molecule is CN=C(NCCN(C)CCCOC)NCc1nc(C)c(C)o1.I. The van der Waals surface area contributed by atoms with Crippen molar-refractivity contribution in [3.8, 4) is 0 Å². The van der Waals surface area contributed by atoms with Gasteiger partial charge in [0.15, 0.2) is 5.96 Å². The molecular formula is C15H30IN5O2. The molecule has 0 unspecified atom stereocenters. The molecule has 0 saturated carbocycles. The molecule has 8 heteroatoms. The van der Waals surface area contributed by atoms with Gasteiger partial charge in [-0.15, -0.1) is 24.0 Å². The largest absolute Gasteiger partial charge is 0.444 e. The van der Waals surface area contributed by atoms with Gasteiger partial charge in [-0.2, -0.15) is 0 Å². The van der Waals surface area contributed by atoms with E-state index in [-0.39, 0.29) is 24.0 Å². The number of hydrogen-bond donors (Lipinski definition) is 2. The summed E-state index contributed by atoms with van der Waals surface area (Å²) in [5.41, 5.74) is 0.928. The third kappa shape index (κ3) is 9.11. The van der Waals surface area contributed by atoms with Crippen molar-refractivity contribution >= 4 is 29.9 Å². The molecular weight excluding hydrogens is 409 g/mol. The summed E-state index contributed by atoms with van der Waals surface area (Å²) < 4.78 is 10.6. The Kier molecular flexibility index (Phi) is 12.1. The first kappa shape index (κ1) is 22.1. The standard InChI is InChI=1S/C15H29N5O2.HI/c1-12-13(2)22-14(19-12)11-18-15(16-3)17-7-9-20(4)8-6-10-21-5;/h6-11H2,1-5H3,(H2,16,17,18);1H. The number of aryl methyl sites for hydroxylation is 2. The Balaban J connectivity index is 0.00000484. The van der Waals surface area contributed by atoms with Crippen molar-refractivity contribution in [1.82, 2.24) is 20.5 Å². The second-order valence-electron chi connectivity index (χ2n) is 5.25. The first-order valence-corrected chi connectivity index (χ1v) is 7.61. The number of ether oxygens (including phenoxy) is 1. The summed E-state index contributed by atoms with van der Waals surface area (Å²) in [4.78, 5) is 10.8. The zero-order valence-corrected chi connectivity index (χ0v) is 17.1. The second kappa shape index (κ2) is 12.5. The van der Waals surface area contributed by atoms with E-state index in [0.717, 1.165) is 50.1 Å². The van der Waals surface area contributed by atoms with E-state index in [1.807, 2.05) is 13.8 Å². The normalized spacial score (nSPS) is 11.5. The topological polar surface area (TPSA) is 74.9 Å². The maximum atomic E-state index is 5.53. The van der Waals surface area contributed by atoms with Gasteiger partial charge in [-0.3, -0.25) is 4.99 Å². The second-order valence-corrected chi connectivity index (χ2v) is 5.25. The van der Waals surface area contributed by atoms with E-state index in [0.29, 0.717) is 12.4 Å². The van der Waals surface area contributed by atoms with Crippen LogP contribution in [-0.4, -0.2) is 63.3 Å². The van der Waals surface area contributed by atoms with Crippen molar-refractivity contribution in [2.45, 2.75) is 26.8 Å². The van der Waals surface area contributed by atoms with Crippen LogP contribution in [0.4, 0.5) is 0 Å². The zero-order valence-electron chi connectivity index (χ0n) is 14.8. The van der Waals surface area contributed by atoms with Gasteiger partial charge in [-0.05, 0) is 27.3 Å². The third-order valence-electron chi connectivity index (χ3n) is 3.38. The molecule has 0 fully saturated rings. The fourth-order valence-electron chi connectivity index (χ4n) is 1.95. The molecule has 1 aromatic rings. The summed E-state index contributed by atoms with van der Waals surface area (Å²) in [5.74, 6) is 2.28. The summed E-state index contributed by atoms with van der Waals surface area (Å²) in [7, 11) is 5.59. The molecule has 1 rings (SSSR count). The first-order chi connectivity index (χ1) is 10.6. The molecule has 23 heavy (non-hydrogen) atoms. The minimum Gasteiger partial charge on any atom is -0.444 e. The van der Waals surface area contributed by atoms with Crippen molar-refractivity contribution in [3.63, 3.8) is 0 Å². The number of halogens is 1. The van der Waals surface area contributed by atoms with Crippen molar-refractivity contribution < 1.29 is 9.15 Å². The number of oxazole rings is 1. The Hall–Kier alpha value is -0.870. The Bertz CT molecular complexity index is 445. The lowest BCUT2D eigenvalue weighted by atomic mass is 10.4. The first-order valence-electron chi connectivity index (χ1n) is 7.61. The number of nitrogens with zero attached hydrogens (tertiary/aromatic N) is 3. The molecule has 0 saturated heterocycles. The highest BCUT2D eigenvalue weighted by molar-refractivity contribution is 14.0. The lowest BCUT2D eigenvalue weighted by molar-refractivity contribution is 0.180. The van der Waals surface area contributed by atoms with Gasteiger partial charge in [0, 0.05) is 40.4 Å². The van der Waals surface area contributed by atoms with Gasteiger partial charge in [0.25, 0.3) is 0 Å². The van der Waals surface area contributed by atoms with E-state index in [4.69, 9.17) is 9.15 Å². The number of aromatic nitrogens is 1. The minimum atomic E-state index is 0. The fourth-order valence-corrected chi connectivity index (χ4v) is 1.95. The van der Waals surface area contributed by atoms with Crippen LogP contribution in [0.2, 0.25) is 0 Å². The number of likely N-dealkylation sites (N-methyl/N-ethyl adjacent to an activating group) is 1. The number of rotatable bonds is 9. The number of methoxy groups -OCH3 is 1. The number of nitrogens with one attached hydrogen (secondary N) is 2. The molecule has 0 aromatic carbocycles. The van der Waals surface area contributed by atoms with Crippen LogP contribution in [0.15, 0.2) is 9.41 Å². The molecule has 134 valence electrons. The summed E-state index contributed by atoms with van der Waals surface area (Å²) in [6.45, 7) is 7.98. The molecule has 0 aliphatic heterocycles. The molecule has 0 radical (unpaired) electrons. The van der Waals surface area contributed by atoms with E-state index in [2.05, 4.69) is 32.6 Å². The van der Waals surface area contributed by atoms with Crippen LogP contribution in [0.25, 0.3) is 0 Å². The van der Waals surface area contributed by atoms with Crippen LogP contribution >= 0.6 is 24.0 Å². The highest BCUT2D eigenvalue weighted by Gasteiger charge is 2.06. The highest BCUT2D eigenvalue weighted by Crippen LogP contribution is 2.07. The Morgan fingerprint density at radius 1 is 1.30 bits per heavy atom. The number of hydrogen-bond acceptors (Lipinski definition) is 5. The Labute approximate surface area is 156 Å². The lowest BCUT2D eigenvalue weighted by Gasteiger charge is -2.17. The van der Waals surface area contributed by atoms with Crippen molar-refractivity contribution in [2.24, 2.45) is 4.99 Å². The van der Waals surface area contributed by atoms with Gasteiger partial charge in [-0.25, -0.2) is 4.98 Å². The van der Waals surface area contributed by atoms with Crippen molar-refractivity contribution in [3.05, 3.63) is 17.3 Å². The number of aliphatic imine (C=N–C) groups is 1. The predicted molar refractivity (Wildman–Crippen MR) is 104 cm³/mol. The van der Waals surface area contributed by atoms with E-state index >= 15 is 0 Å². The maximum Gasteiger partial charge on any atom is 0.214 e. The van der Waals surface area contributed by atoms with Gasteiger partial charge in [0.1, 0.15) is 5.76 Å². The van der Waals surface area contributed by atoms with Gasteiger partial charge in [0.2, 0.25) is 5.89 Å². The Morgan fingerprint density at radius 2 is 2.04 bits per heavy atom. The van der Waals surface area contributed by atoms with Gasteiger partial charge in [0.05, 0.1) is 12.2 Å². The van der Waals surface area contributed by atoms with Crippen LogP contribution < -0.4 is 10.6 Å². The predicted octanol–water partition coefficient (Wildman–Crippen LogP) is 1.54. The molecule has 1 aromatic heterocycles. The smallest absolute Gasteiger partial charge is 0.214 e. The third-order valence-corrected chi connectivity index (χ3v) is 3.38. The summed E-state index contributed by atoms with van der Waals surface area (Å²) in [5, 5.41) is 6.48. The fraction of sp³-hybridized carbons (Fsp3) is 0.733. The average molecular weight is 439 g/mol. The molecule has 7 nitrogen and oxygen atoms in total. The van der Waals surface area contributed by atoms with E-state index < -0.39 is 0 Å². The van der Waals surface area contributed by atoms with Crippen LogP contribution in [-0.2, 0) is 11.3 Å². The zero-order chi connectivity index (χ0) is 16.4. The van der Waals surface area contributed by atoms with Crippen LogP contribution in [0, 0.1) is 13.8 Å². The van der Waals surface area contributed by atoms with Crippen LogP contribution in [0.3, 0.4) is 0 Å². The van der Waals surface area contributed by atoms with E-state index in [9.17, 15) is 0 Å². The summed E-state index contributed by atoms with van der Waals surface area (Å²) in [6.07, 6.45) is 1.04. The van der Waals surface area contributed by atoms with Crippen molar-refractivity contribution in [2.75, 3.05) is 47.4 Å². The van der Waals surface area contributed by atoms with Crippen LogP contribution in [0.5, 0.6) is 0 Å². The molecule has 0 aliphatic carbocycles. The maximum absolute atomic E-state index is 5.53. The Morgan fingerprint density at radius 3 is 2.61 bits per heavy atom. The van der Waals surface area contributed by atoms with Crippen LogP contribution in [0.1, 0.15) is 23.8 Å². The van der Waals surface area contributed by atoms with Gasteiger partial charge in [-0.1, -0.05) is 0 Å². The number of guanidine groups is 1. The quantitative estimate of drug-likeness (QED) is 0.263. The molecule has 0 aliphatic rings. The minimum absolute atomic E-state index is 0. The molecule has 0 bridgehead atoms. The van der Waals surface area contributed by atoms with E-state index in [1.165, 1.54) is 0 Å². The van der Waals surface area contributed by atoms with Gasteiger partial charge >= 0.3 is 0 Å². The molecule has 0 amide bonds. The molecule has 2 N–H and O–H groups in total. The van der Waals surface area contributed by atoms with Gasteiger partial charge < -0.3 is 24.7 Å². The van der Waals surface area contributed by atoms with Crippen molar-refractivity contribution in [1.29, 1.82) is 0 Å². The monoisotopic (exact) mass is 439 g/mol. The van der Waals surface area contributed by atoms with E-state index in [1.54, 1.807) is 14.2 Å². The average Bonchev–Trinajstić information content (AvgIpc) is 2.81.